The molecule has 0 atom stereocenters. The van der Waals surface area contributed by atoms with E-state index in [9.17, 15) is 14.9 Å². The molecule has 2 N–H and O–H groups in total. The van der Waals surface area contributed by atoms with Gasteiger partial charge in [-0.2, -0.15) is 5.26 Å². The molecule has 1 aromatic rings. The maximum Gasteiger partial charge on any atom is 0.270 e. The number of primary amides is 1. The van der Waals surface area contributed by atoms with E-state index in [4.69, 9.17) is 11.0 Å². The van der Waals surface area contributed by atoms with Gasteiger partial charge >= 0.3 is 0 Å². The maximum atomic E-state index is 11.1. The van der Waals surface area contributed by atoms with Crippen LogP contribution in [0.2, 0.25) is 0 Å². The van der Waals surface area contributed by atoms with Crippen molar-refractivity contribution in [3.63, 3.8) is 0 Å². The molecule has 0 spiro atoms. The van der Waals surface area contributed by atoms with Crippen molar-refractivity contribution in [1.82, 2.24) is 0 Å². The predicted octanol–water partition coefficient (Wildman–Crippen LogP) is 1.17. The van der Waals surface area contributed by atoms with E-state index in [0.29, 0.717) is 5.69 Å². The fourth-order valence-corrected chi connectivity index (χ4v) is 1.69. The van der Waals surface area contributed by atoms with E-state index in [1.165, 1.54) is 18.2 Å². The minimum absolute atomic E-state index is 0.0514. The molecule has 7 nitrogen and oxygen atoms in total. The Morgan fingerprint density at radius 3 is 2.63 bits per heavy atom. The number of nitrogens with zero attached hydrogens (tertiary/aromatic N) is 3. The van der Waals surface area contributed by atoms with Crippen molar-refractivity contribution in [2.75, 3.05) is 11.4 Å². The summed E-state index contributed by atoms with van der Waals surface area (Å²) in [5, 5.41) is 19.7. The van der Waals surface area contributed by atoms with Crippen LogP contribution in [0, 0.1) is 21.4 Å². The molecule has 1 amide bonds. The molecular formula is C12H14N4O3. The number of amides is 1. The molecule has 0 fully saturated rings. The van der Waals surface area contributed by atoms with Gasteiger partial charge in [-0.3, -0.25) is 14.9 Å². The van der Waals surface area contributed by atoms with Crippen LogP contribution >= 0.6 is 0 Å². The van der Waals surface area contributed by atoms with Crippen LogP contribution in [0.3, 0.4) is 0 Å². The highest BCUT2D eigenvalue weighted by molar-refractivity contribution is 5.80. The molecule has 1 rings (SSSR count). The van der Waals surface area contributed by atoms with Crippen molar-refractivity contribution >= 4 is 17.3 Å². The van der Waals surface area contributed by atoms with Crippen molar-refractivity contribution in [1.29, 1.82) is 5.26 Å². The molecule has 0 aliphatic carbocycles. The molecule has 0 heterocycles. The lowest BCUT2D eigenvalue weighted by atomic mass is 10.1. The van der Waals surface area contributed by atoms with Gasteiger partial charge in [0.25, 0.3) is 5.69 Å². The Hall–Kier alpha value is -2.62. The van der Waals surface area contributed by atoms with Crippen LogP contribution in [0.15, 0.2) is 18.2 Å². The van der Waals surface area contributed by atoms with E-state index in [-0.39, 0.29) is 23.8 Å². The fraction of sp³-hybridized carbons (Fsp3) is 0.333. The summed E-state index contributed by atoms with van der Waals surface area (Å²) in [5.41, 5.74) is 5.61. The van der Waals surface area contributed by atoms with Gasteiger partial charge in [-0.1, -0.05) is 0 Å². The summed E-state index contributed by atoms with van der Waals surface area (Å²) in [7, 11) is 0. The summed E-state index contributed by atoms with van der Waals surface area (Å²) in [4.78, 5) is 22.8. The molecule has 0 aliphatic heterocycles. The van der Waals surface area contributed by atoms with Crippen LogP contribution in [-0.4, -0.2) is 23.4 Å². The van der Waals surface area contributed by atoms with Crippen LogP contribution in [0.1, 0.15) is 19.4 Å². The van der Waals surface area contributed by atoms with E-state index < -0.39 is 10.8 Å². The van der Waals surface area contributed by atoms with Crippen molar-refractivity contribution in [3.8, 4) is 6.07 Å². The quantitative estimate of drug-likeness (QED) is 0.632. The van der Waals surface area contributed by atoms with Crippen molar-refractivity contribution in [2.45, 2.75) is 19.9 Å². The first-order valence-electron chi connectivity index (χ1n) is 5.60. The second-order valence-corrected chi connectivity index (χ2v) is 4.26. The first-order valence-corrected chi connectivity index (χ1v) is 5.60. The molecule has 0 aliphatic rings. The van der Waals surface area contributed by atoms with Crippen molar-refractivity contribution in [2.24, 2.45) is 5.73 Å². The highest BCUT2D eigenvalue weighted by atomic mass is 16.6. The van der Waals surface area contributed by atoms with Gasteiger partial charge in [0.15, 0.2) is 0 Å². The molecule has 0 saturated heterocycles. The molecule has 0 unspecified atom stereocenters. The highest BCUT2D eigenvalue weighted by Crippen LogP contribution is 2.26. The Balaban J connectivity index is 3.27. The SMILES string of the molecule is CC(C)N(CC(N)=O)c1ccc([N+](=O)[O-])cc1C#N. The Kier molecular flexibility index (Phi) is 4.42. The van der Waals surface area contributed by atoms with E-state index in [2.05, 4.69) is 0 Å². The molecule has 0 bridgehead atoms. The molecule has 7 heteroatoms. The van der Waals surface area contributed by atoms with E-state index in [1.54, 1.807) is 4.90 Å². The second-order valence-electron chi connectivity index (χ2n) is 4.26. The molecule has 1 aromatic carbocycles. The average molecular weight is 262 g/mol. The minimum atomic E-state index is -0.571. The number of nitro benzene ring substituents is 1. The van der Waals surface area contributed by atoms with E-state index >= 15 is 0 Å². The highest BCUT2D eigenvalue weighted by Gasteiger charge is 2.19. The zero-order chi connectivity index (χ0) is 14.6. The maximum absolute atomic E-state index is 11.1. The largest absolute Gasteiger partial charge is 0.368 e. The third-order valence-corrected chi connectivity index (χ3v) is 2.57. The molecule has 0 radical (unpaired) electrons. The number of hydrogen-bond acceptors (Lipinski definition) is 5. The van der Waals surface area contributed by atoms with Crippen molar-refractivity contribution in [3.05, 3.63) is 33.9 Å². The van der Waals surface area contributed by atoms with E-state index in [0.717, 1.165) is 0 Å². The fourth-order valence-electron chi connectivity index (χ4n) is 1.69. The first kappa shape index (κ1) is 14.4. The van der Waals surface area contributed by atoms with Gasteiger partial charge in [0.2, 0.25) is 5.91 Å². The summed E-state index contributed by atoms with van der Waals surface area (Å²) in [6.45, 7) is 3.63. The number of hydrogen-bond donors (Lipinski definition) is 1. The minimum Gasteiger partial charge on any atom is -0.368 e. The van der Waals surface area contributed by atoms with Gasteiger partial charge < -0.3 is 10.6 Å². The summed E-state index contributed by atoms with van der Waals surface area (Å²) >= 11 is 0. The number of benzene rings is 1. The molecule has 19 heavy (non-hydrogen) atoms. The zero-order valence-corrected chi connectivity index (χ0v) is 10.7. The first-order chi connectivity index (χ1) is 8.86. The van der Waals surface area contributed by atoms with Crippen molar-refractivity contribution < 1.29 is 9.72 Å². The normalized spacial score (nSPS) is 10.0. The Morgan fingerprint density at radius 1 is 1.58 bits per heavy atom. The van der Waals surface area contributed by atoms with Crippen LogP contribution in [-0.2, 0) is 4.79 Å². The number of carbonyl (C=O) groups excluding carboxylic acids is 1. The lowest BCUT2D eigenvalue weighted by molar-refractivity contribution is -0.384. The lowest BCUT2D eigenvalue weighted by Crippen LogP contribution is -2.39. The number of carbonyl (C=O) groups is 1. The molecule has 100 valence electrons. The summed E-state index contributed by atoms with van der Waals surface area (Å²) < 4.78 is 0. The smallest absolute Gasteiger partial charge is 0.270 e. The van der Waals surface area contributed by atoms with E-state index in [1.807, 2.05) is 19.9 Å². The summed E-state index contributed by atoms with van der Waals surface area (Å²) in [6.07, 6.45) is 0. The van der Waals surface area contributed by atoms with Gasteiger partial charge in [0.1, 0.15) is 6.07 Å². The Morgan fingerprint density at radius 2 is 2.21 bits per heavy atom. The van der Waals surface area contributed by atoms with Gasteiger partial charge in [-0.25, -0.2) is 0 Å². The van der Waals surface area contributed by atoms with Crippen LogP contribution in [0.4, 0.5) is 11.4 Å². The Bertz CT molecular complexity index is 548. The third-order valence-electron chi connectivity index (χ3n) is 2.57. The van der Waals surface area contributed by atoms with Gasteiger partial charge in [-0.15, -0.1) is 0 Å². The van der Waals surface area contributed by atoms with Crippen LogP contribution in [0.25, 0.3) is 0 Å². The van der Waals surface area contributed by atoms with Crippen LogP contribution in [0.5, 0.6) is 0 Å². The number of rotatable bonds is 5. The average Bonchev–Trinajstić information content (AvgIpc) is 2.34. The number of anilines is 1. The number of nitro groups is 1. The standard InChI is InChI=1S/C12H14N4O3/c1-8(2)15(7-12(14)17)11-4-3-10(16(18)19)5-9(11)6-13/h3-5,8H,7H2,1-2H3,(H2,14,17). The number of non-ortho nitro benzene ring substituents is 1. The van der Waals surface area contributed by atoms with Gasteiger partial charge in [-0.05, 0) is 19.9 Å². The Labute approximate surface area is 110 Å². The molecule has 0 saturated carbocycles. The molecule has 0 aromatic heterocycles. The van der Waals surface area contributed by atoms with Crippen LogP contribution < -0.4 is 10.6 Å². The number of nitriles is 1. The molecular weight excluding hydrogens is 248 g/mol. The summed E-state index contributed by atoms with van der Waals surface area (Å²) in [6, 6.07) is 5.78. The zero-order valence-electron chi connectivity index (χ0n) is 10.7. The lowest BCUT2D eigenvalue weighted by Gasteiger charge is -2.28. The number of nitrogens with two attached hydrogens (primary N) is 1. The third kappa shape index (κ3) is 3.42. The predicted molar refractivity (Wildman–Crippen MR) is 69.5 cm³/mol. The van der Waals surface area contributed by atoms with Gasteiger partial charge in [0, 0.05) is 18.2 Å². The topological polar surface area (TPSA) is 113 Å². The van der Waals surface area contributed by atoms with Gasteiger partial charge in [0.05, 0.1) is 22.7 Å². The monoisotopic (exact) mass is 262 g/mol. The second kappa shape index (κ2) is 5.82. The summed E-state index contributed by atoms with van der Waals surface area (Å²) in [5.74, 6) is -0.532.